The van der Waals surface area contributed by atoms with Gasteiger partial charge < -0.3 is 5.32 Å². The lowest BCUT2D eigenvalue weighted by Gasteiger charge is -2.08. The van der Waals surface area contributed by atoms with Crippen LogP contribution in [0.15, 0.2) is 35.4 Å². The van der Waals surface area contributed by atoms with Crippen molar-refractivity contribution in [2.75, 3.05) is 5.32 Å². The summed E-state index contributed by atoms with van der Waals surface area (Å²) in [6, 6.07) is 5.94. The largest absolute Gasteiger partial charge is 0.321 e. The van der Waals surface area contributed by atoms with Crippen molar-refractivity contribution in [2.45, 2.75) is 23.7 Å². The monoisotopic (exact) mass is 408 g/mol. The predicted molar refractivity (Wildman–Crippen MR) is 97.7 cm³/mol. The van der Waals surface area contributed by atoms with Crippen molar-refractivity contribution in [2.24, 2.45) is 5.14 Å². The number of nitrogens with zero attached hydrogens (tertiary/aromatic N) is 3. The number of benzene rings is 1. The number of aromatic nitrogens is 4. The predicted octanol–water partition coefficient (Wildman–Crippen LogP) is 2.93. The molecule has 4 rings (SSSR count). The minimum Gasteiger partial charge on any atom is -0.321 e. The molecule has 0 radical (unpaired) electrons. The number of rotatable bonds is 5. The number of aromatic amines is 1. The van der Waals surface area contributed by atoms with Crippen LogP contribution in [0.2, 0.25) is 5.02 Å². The van der Waals surface area contributed by atoms with E-state index in [1.165, 1.54) is 18.2 Å². The van der Waals surface area contributed by atoms with E-state index in [-0.39, 0.29) is 21.6 Å². The molecule has 11 heteroatoms. The van der Waals surface area contributed by atoms with Gasteiger partial charge in [-0.15, -0.1) is 0 Å². The summed E-state index contributed by atoms with van der Waals surface area (Å²) in [5.74, 6) is 0.265. The molecule has 0 bridgehead atoms. The summed E-state index contributed by atoms with van der Waals surface area (Å²) in [5, 5.41) is 14.9. The van der Waals surface area contributed by atoms with Gasteiger partial charge in [0.15, 0.2) is 23.3 Å². The Kier molecular flexibility index (Phi) is 4.33. The molecular formula is C16H14ClFN6O2S. The molecule has 1 aliphatic carbocycles. The quantitative estimate of drug-likeness (QED) is 0.595. The van der Waals surface area contributed by atoms with Crippen LogP contribution in [0.4, 0.5) is 16.0 Å². The van der Waals surface area contributed by atoms with Crippen LogP contribution in [0.25, 0.3) is 11.4 Å². The van der Waals surface area contributed by atoms with Crippen LogP contribution in [0.3, 0.4) is 0 Å². The van der Waals surface area contributed by atoms with Crippen LogP contribution in [0, 0.1) is 5.82 Å². The summed E-state index contributed by atoms with van der Waals surface area (Å²) in [4.78, 5) is 7.79. The number of halogens is 2. The fraction of sp³-hybridized carbons (Fsp3) is 0.188. The second-order valence-electron chi connectivity index (χ2n) is 6.19. The molecule has 0 spiro atoms. The number of nitrogens with two attached hydrogens (primary N) is 1. The van der Waals surface area contributed by atoms with Gasteiger partial charge in [0.25, 0.3) is 0 Å². The van der Waals surface area contributed by atoms with Crippen molar-refractivity contribution in [3.05, 3.63) is 47.0 Å². The number of primary sulfonamides is 1. The zero-order valence-corrected chi connectivity index (χ0v) is 15.4. The second-order valence-corrected chi connectivity index (χ2v) is 8.13. The summed E-state index contributed by atoms with van der Waals surface area (Å²) < 4.78 is 37.4. The van der Waals surface area contributed by atoms with Gasteiger partial charge in [0, 0.05) is 23.2 Å². The van der Waals surface area contributed by atoms with Gasteiger partial charge in [0.1, 0.15) is 4.90 Å². The molecule has 0 aliphatic heterocycles. The van der Waals surface area contributed by atoms with Crippen molar-refractivity contribution in [3.8, 4) is 11.4 Å². The average molecular weight is 409 g/mol. The molecule has 1 aromatic carbocycles. The van der Waals surface area contributed by atoms with Gasteiger partial charge >= 0.3 is 0 Å². The van der Waals surface area contributed by atoms with Crippen molar-refractivity contribution in [3.63, 3.8) is 0 Å². The molecule has 4 N–H and O–H groups in total. The molecule has 0 amide bonds. The van der Waals surface area contributed by atoms with Gasteiger partial charge in [-0.05, 0) is 31.0 Å². The first-order chi connectivity index (χ1) is 12.8. The summed E-state index contributed by atoms with van der Waals surface area (Å²) in [6.45, 7) is 0. The van der Waals surface area contributed by atoms with E-state index in [1.54, 1.807) is 6.07 Å². The Morgan fingerprint density at radius 3 is 2.78 bits per heavy atom. The molecular weight excluding hydrogens is 395 g/mol. The first kappa shape index (κ1) is 17.8. The SMILES string of the molecule is NS(=O)(=O)c1cc(-c2ncc(F)c(Nc3cc(C4CC4)[nH]n3)n2)ccc1Cl. The molecule has 1 fully saturated rings. The molecule has 0 unspecified atom stereocenters. The van der Waals surface area contributed by atoms with Gasteiger partial charge in [-0.25, -0.2) is 27.9 Å². The highest BCUT2D eigenvalue weighted by atomic mass is 35.5. The summed E-state index contributed by atoms with van der Waals surface area (Å²) in [6.07, 6.45) is 3.21. The molecule has 2 aromatic heterocycles. The average Bonchev–Trinajstić information content (AvgIpc) is 3.36. The molecule has 0 saturated heterocycles. The van der Waals surface area contributed by atoms with E-state index in [9.17, 15) is 12.8 Å². The van der Waals surface area contributed by atoms with Crippen molar-refractivity contribution in [1.82, 2.24) is 20.2 Å². The minimum absolute atomic E-state index is 0.0224. The van der Waals surface area contributed by atoms with Crippen LogP contribution >= 0.6 is 11.6 Å². The Balaban J connectivity index is 1.67. The summed E-state index contributed by atoms with van der Waals surface area (Å²) in [5.41, 5.74) is 1.31. The number of hydrogen-bond acceptors (Lipinski definition) is 6. The summed E-state index contributed by atoms with van der Waals surface area (Å²) in [7, 11) is -4.02. The molecule has 3 aromatic rings. The molecule has 0 atom stereocenters. The third kappa shape index (κ3) is 3.77. The van der Waals surface area contributed by atoms with Crippen LogP contribution in [-0.2, 0) is 10.0 Å². The Morgan fingerprint density at radius 2 is 2.07 bits per heavy atom. The zero-order valence-electron chi connectivity index (χ0n) is 13.8. The van der Waals surface area contributed by atoms with E-state index >= 15 is 0 Å². The van der Waals surface area contributed by atoms with E-state index in [1.807, 2.05) is 0 Å². The maximum absolute atomic E-state index is 14.1. The Labute approximate surface area is 159 Å². The van der Waals surface area contributed by atoms with Crippen molar-refractivity contribution in [1.29, 1.82) is 0 Å². The van der Waals surface area contributed by atoms with Crippen LogP contribution in [-0.4, -0.2) is 28.6 Å². The molecule has 27 heavy (non-hydrogen) atoms. The van der Waals surface area contributed by atoms with E-state index in [2.05, 4.69) is 25.5 Å². The topological polar surface area (TPSA) is 127 Å². The lowest BCUT2D eigenvalue weighted by molar-refractivity contribution is 0.598. The maximum atomic E-state index is 14.1. The molecule has 1 aliphatic rings. The van der Waals surface area contributed by atoms with Crippen LogP contribution in [0.5, 0.6) is 0 Å². The molecule has 8 nitrogen and oxygen atoms in total. The third-order valence-electron chi connectivity index (χ3n) is 4.10. The Bertz CT molecular complexity index is 1130. The maximum Gasteiger partial charge on any atom is 0.239 e. The highest BCUT2D eigenvalue weighted by Crippen LogP contribution is 2.39. The second kappa shape index (κ2) is 6.55. The normalized spacial score (nSPS) is 14.3. The highest BCUT2D eigenvalue weighted by Gasteiger charge is 2.25. The van der Waals surface area contributed by atoms with Gasteiger partial charge in [-0.1, -0.05) is 11.6 Å². The molecule has 2 heterocycles. The standard InChI is InChI=1S/C16H14ClFN6O2S/c17-10-4-3-9(5-13(10)27(19,25)26)15-20-7-11(18)16(22-15)21-14-6-12(23-24-14)8-1-2-8/h3-8H,1-2H2,(H2,19,25,26)(H2,20,21,22,23,24). The van der Waals surface area contributed by atoms with E-state index in [4.69, 9.17) is 16.7 Å². The van der Waals surface area contributed by atoms with E-state index < -0.39 is 15.8 Å². The Morgan fingerprint density at radius 1 is 1.30 bits per heavy atom. The fourth-order valence-corrected chi connectivity index (χ4v) is 3.65. The molecule has 140 valence electrons. The van der Waals surface area contributed by atoms with Crippen LogP contribution in [0.1, 0.15) is 24.5 Å². The fourth-order valence-electron chi connectivity index (χ4n) is 2.58. The number of nitrogens with one attached hydrogen (secondary N) is 2. The number of sulfonamides is 1. The van der Waals surface area contributed by atoms with Gasteiger partial charge in [0.2, 0.25) is 10.0 Å². The van der Waals surface area contributed by atoms with Crippen molar-refractivity contribution < 1.29 is 12.8 Å². The minimum atomic E-state index is -4.02. The van der Waals surface area contributed by atoms with Gasteiger partial charge in [-0.2, -0.15) is 5.10 Å². The lowest BCUT2D eigenvalue weighted by atomic mass is 10.2. The Hall–Kier alpha value is -2.56. The van der Waals surface area contributed by atoms with E-state index in [0.717, 1.165) is 24.7 Å². The number of anilines is 2. The number of H-pyrrole nitrogens is 1. The third-order valence-corrected chi connectivity index (χ3v) is 5.49. The van der Waals surface area contributed by atoms with Gasteiger partial charge in [-0.3, -0.25) is 5.10 Å². The first-order valence-electron chi connectivity index (χ1n) is 7.99. The highest BCUT2D eigenvalue weighted by molar-refractivity contribution is 7.89. The van der Waals surface area contributed by atoms with Gasteiger partial charge in [0.05, 0.1) is 11.2 Å². The zero-order chi connectivity index (χ0) is 19.2. The van der Waals surface area contributed by atoms with Crippen molar-refractivity contribution >= 4 is 33.3 Å². The summed E-state index contributed by atoms with van der Waals surface area (Å²) >= 11 is 5.88. The number of hydrogen-bond donors (Lipinski definition) is 3. The smallest absolute Gasteiger partial charge is 0.239 e. The first-order valence-corrected chi connectivity index (χ1v) is 9.91. The molecule has 1 saturated carbocycles. The lowest BCUT2D eigenvalue weighted by Crippen LogP contribution is -2.13. The van der Waals surface area contributed by atoms with Crippen LogP contribution < -0.4 is 10.5 Å². The van der Waals surface area contributed by atoms with E-state index in [0.29, 0.717) is 17.3 Å².